The number of pyridine rings is 1. The van der Waals surface area contributed by atoms with E-state index in [1.165, 1.54) is 0 Å². The molecule has 0 N–H and O–H groups in total. The van der Waals surface area contributed by atoms with E-state index in [0.29, 0.717) is 23.0 Å². The number of methoxy groups -OCH3 is 4. The summed E-state index contributed by atoms with van der Waals surface area (Å²) in [6.07, 6.45) is 1.86. The fourth-order valence-corrected chi connectivity index (χ4v) is 2.88. The van der Waals surface area contributed by atoms with Crippen LogP contribution in [0.15, 0.2) is 36.5 Å². The van der Waals surface area contributed by atoms with Gasteiger partial charge in [-0.15, -0.1) is 0 Å². The minimum absolute atomic E-state index is 0.665. The number of aromatic nitrogens is 1. The number of rotatable bonds is 5. The van der Waals surface area contributed by atoms with Crippen LogP contribution in [0, 0.1) is 6.92 Å². The summed E-state index contributed by atoms with van der Waals surface area (Å²) in [7, 11) is 6.52. The van der Waals surface area contributed by atoms with E-state index in [1.807, 2.05) is 43.5 Å². The smallest absolute Gasteiger partial charge is 0.161 e. The Balaban J connectivity index is 2.32. The van der Waals surface area contributed by atoms with Crippen LogP contribution in [0.1, 0.15) is 5.56 Å². The predicted molar refractivity (Wildman–Crippen MR) is 98.1 cm³/mol. The third-order valence-corrected chi connectivity index (χ3v) is 4.22. The summed E-state index contributed by atoms with van der Waals surface area (Å²) in [5.74, 6) is 2.78. The zero-order valence-electron chi connectivity index (χ0n) is 15.0. The maximum Gasteiger partial charge on any atom is 0.161 e. The van der Waals surface area contributed by atoms with E-state index in [4.69, 9.17) is 18.9 Å². The lowest BCUT2D eigenvalue weighted by Gasteiger charge is -2.14. The summed E-state index contributed by atoms with van der Waals surface area (Å²) >= 11 is 0. The van der Waals surface area contributed by atoms with Gasteiger partial charge in [0, 0.05) is 23.2 Å². The summed E-state index contributed by atoms with van der Waals surface area (Å²) in [5, 5.41) is 2.04. The Hall–Kier alpha value is -2.95. The zero-order chi connectivity index (χ0) is 18.0. The number of aryl methyl sites for hydroxylation is 1. The van der Waals surface area contributed by atoms with Crippen LogP contribution in [0.3, 0.4) is 0 Å². The molecule has 25 heavy (non-hydrogen) atoms. The van der Waals surface area contributed by atoms with Gasteiger partial charge in [-0.25, -0.2) is 0 Å². The Labute approximate surface area is 147 Å². The van der Waals surface area contributed by atoms with Gasteiger partial charge in [0.1, 0.15) is 11.5 Å². The van der Waals surface area contributed by atoms with Gasteiger partial charge >= 0.3 is 0 Å². The van der Waals surface area contributed by atoms with Crippen molar-refractivity contribution in [3.8, 4) is 34.3 Å². The molecule has 130 valence electrons. The molecule has 0 radical (unpaired) electrons. The van der Waals surface area contributed by atoms with Gasteiger partial charge in [0.2, 0.25) is 0 Å². The van der Waals surface area contributed by atoms with Crippen LogP contribution >= 0.6 is 0 Å². The second-order valence-corrected chi connectivity index (χ2v) is 5.64. The molecular formula is C20H21NO4. The van der Waals surface area contributed by atoms with E-state index >= 15 is 0 Å². The molecule has 0 aliphatic rings. The Morgan fingerprint density at radius 2 is 1.24 bits per heavy atom. The first-order valence-electron chi connectivity index (χ1n) is 7.86. The lowest BCUT2D eigenvalue weighted by molar-refractivity contribution is 0.356. The van der Waals surface area contributed by atoms with Crippen molar-refractivity contribution in [3.05, 3.63) is 42.1 Å². The fraction of sp³-hybridized carbons (Fsp3) is 0.250. The van der Waals surface area contributed by atoms with Gasteiger partial charge in [-0.3, -0.25) is 4.98 Å². The summed E-state index contributed by atoms with van der Waals surface area (Å²) in [4.78, 5) is 4.65. The van der Waals surface area contributed by atoms with E-state index < -0.39 is 0 Å². The first-order valence-corrected chi connectivity index (χ1v) is 7.86. The van der Waals surface area contributed by atoms with E-state index in [-0.39, 0.29) is 0 Å². The third kappa shape index (κ3) is 3.05. The van der Waals surface area contributed by atoms with Gasteiger partial charge < -0.3 is 18.9 Å². The Morgan fingerprint density at radius 3 is 1.76 bits per heavy atom. The summed E-state index contributed by atoms with van der Waals surface area (Å²) in [6, 6.07) is 9.65. The highest BCUT2D eigenvalue weighted by Crippen LogP contribution is 2.39. The van der Waals surface area contributed by atoms with E-state index in [9.17, 15) is 0 Å². The van der Waals surface area contributed by atoms with Crippen LogP contribution in [0.5, 0.6) is 23.0 Å². The molecule has 0 fully saturated rings. The van der Waals surface area contributed by atoms with Crippen LogP contribution in [0.2, 0.25) is 0 Å². The molecule has 1 heterocycles. The number of hydrogen-bond donors (Lipinski definition) is 0. The molecule has 0 spiro atoms. The molecule has 1 aromatic heterocycles. The molecule has 5 nitrogen and oxygen atoms in total. The Bertz CT molecular complexity index is 899. The average Bonchev–Trinajstić information content (AvgIpc) is 2.66. The number of nitrogens with zero attached hydrogens (tertiary/aromatic N) is 1. The van der Waals surface area contributed by atoms with Crippen molar-refractivity contribution in [2.75, 3.05) is 28.4 Å². The van der Waals surface area contributed by atoms with E-state index in [1.54, 1.807) is 28.4 Å². The van der Waals surface area contributed by atoms with E-state index in [0.717, 1.165) is 27.6 Å². The highest BCUT2D eigenvalue weighted by Gasteiger charge is 2.14. The second kappa shape index (κ2) is 6.89. The molecule has 0 amide bonds. The Morgan fingerprint density at radius 1 is 0.680 bits per heavy atom. The van der Waals surface area contributed by atoms with E-state index in [2.05, 4.69) is 4.98 Å². The largest absolute Gasteiger partial charge is 0.497 e. The molecule has 0 aliphatic heterocycles. The van der Waals surface area contributed by atoms with Crippen LogP contribution in [0.4, 0.5) is 0 Å². The van der Waals surface area contributed by atoms with Gasteiger partial charge in [-0.05, 0) is 42.1 Å². The highest BCUT2D eigenvalue weighted by molar-refractivity contribution is 5.98. The first-order chi connectivity index (χ1) is 12.1. The zero-order valence-corrected chi connectivity index (χ0v) is 15.0. The van der Waals surface area contributed by atoms with Crippen molar-refractivity contribution in [1.82, 2.24) is 4.98 Å². The van der Waals surface area contributed by atoms with Crippen LogP contribution in [0.25, 0.3) is 22.0 Å². The van der Waals surface area contributed by atoms with Crippen molar-refractivity contribution < 1.29 is 18.9 Å². The summed E-state index contributed by atoms with van der Waals surface area (Å²) in [5.41, 5.74) is 2.81. The molecule has 0 atom stereocenters. The lowest BCUT2D eigenvalue weighted by atomic mass is 10.00. The minimum Gasteiger partial charge on any atom is -0.497 e. The normalized spacial score (nSPS) is 10.6. The maximum absolute atomic E-state index is 5.46. The quantitative estimate of drug-likeness (QED) is 0.696. The molecule has 3 rings (SSSR count). The topological polar surface area (TPSA) is 49.8 Å². The van der Waals surface area contributed by atoms with Gasteiger partial charge in [0.15, 0.2) is 11.5 Å². The fourth-order valence-electron chi connectivity index (χ4n) is 2.88. The average molecular weight is 339 g/mol. The lowest BCUT2D eigenvalue weighted by Crippen LogP contribution is -1.95. The summed E-state index contributed by atoms with van der Waals surface area (Å²) < 4.78 is 21.7. The number of hydrogen-bond acceptors (Lipinski definition) is 5. The molecule has 3 aromatic rings. The minimum atomic E-state index is 0.665. The highest BCUT2D eigenvalue weighted by atomic mass is 16.5. The summed E-state index contributed by atoms with van der Waals surface area (Å²) in [6.45, 7) is 2.02. The number of ether oxygens (including phenoxy) is 4. The van der Waals surface area contributed by atoms with Gasteiger partial charge in [0.25, 0.3) is 0 Å². The van der Waals surface area contributed by atoms with Crippen molar-refractivity contribution in [1.29, 1.82) is 0 Å². The van der Waals surface area contributed by atoms with Gasteiger partial charge in [-0.2, -0.15) is 0 Å². The Kier molecular flexibility index (Phi) is 4.65. The van der Waals surface area contributed by atoms with Gasteiger partial charge in [-0.1, -0.05) is 0 Å². The molecule has 2 aromatic carbocycles. The standard InChI is InChI=1S/C20H21NO4/c1-12-11-21-20(13-6-14(22-2)8-15(7-13)23-3)17-10-19(25-5)18(24-4)9-16(12)17/h6-11H,1-5H3. The van der Waals surface area contributed by atoms with Crippen molar-refractivity contribution >= 4 is 10.8 Å². The molecule has 0 unspecified atom stereocenters. The number of fused-ring (bicyclic) bond motifs is 1. The van der Waals surface area contributed by atoms with Crippen molar-refractivity contribution in [3.63, 3.8) is 0 Å². The molecule has 0 saturated heterocycles. The number of benzene rings is 2. The third-order valence-electron chi connectivity index (χ3n) is 4.22. The molecule has 0 aliphatic carbocycles. The van der Waals surface area contributed by atoms with Crippen LogP contribution in [-0.2, 0) is 0 Å². The molecular weight excluding hydrogens is 318 g/mol. The van der Waals surface area contributed by atoms with Crippen LogP contribution in [-0.4, -0.2) is 33.4 Å². The molecule has 5 heteroatoms. The first kappa shape index (κ1) is 16.9. The van der Waals surface area contributed by atoms with Crippen molar-refractivity contribution in [2.45, 2.75) is 6.92 Å². The van der Waals surface area contributed by atoms with Crippen molar-refractivity contribution in [2.24, 2.45) is 0 Å². The molecule has 0 saturated carbocycles. The predicted octanol–water partition coefficient (Wildman–Crippen LogP) is 4.24. The molecule has 0 bridgehead atoms. The van der Waals surface area contributed by atoms with Gasteiger partial charge in [0.05, 0.1) is 34.1 Å². The second-order valence-electron chi connectivity index (χ2n) is 5.64. The SMILES string of the molecule is COc1cc(OC)cc(-c2ncc(C)c3cc(OC)c(OC)cc23)c1. The maximum atomic E-state index is 5.46. The monoisotopic (exact) mass is 339 g/mol. The van der Waals surface area contributed by atoms with Crippen LogP contribution < -0.4 is 18.9 Å².